The van der Waals surface area contributed by atoms with Gasteiger partial charge in [0, 0.05) is 11.1 Å². The number of rotatable bonds is 6. The van der Waals surface area contributed by atoms with E-state index in [0.29, 0.717) is 29.3 Å². The van der Waals surface area contributed by atoms with Gasteiger partial charge in [0.15, 0.2) is 0 Å². The molecule has 0 saturated heterocycles. The van der Waals surface area contributed by atoms with E-state index in [1.54, 1.807) is 0 Å². The molecule has 1 aliphatic heterocycles. The number of carbonyl (C=O) groups excluding carboxylic acids is 1. The fourth-order valence-electron chi connectivity index (χ4n) is 4.47. The van der Waals surface area contributed by atoms with Gasteiger partial charge in [-0.3, -0.25) is 10.1 Å². The molecular weight excluding hydrogens is 416 g/mol. The van der Waals surface area contributed by atoms with Crippen molar-refractivity contribution in [1.29, 1.82) is 0 Å². The average molecular weight is 449 g/mol. The van der Waals surface area contributed by atoms with E-state index in [0.717, 1.165) is 47.1 Å². The van der Waals surface area contributed by atoms with Gasteiger partial charge in [-0.1, -0.05) is 48.7 Å². The highest BCUT2D eigenvalue weighted by molar-refractivity contribution is 6.09. The number of aromatic hydroxyl groups is 1. The molecule has 2 N–H and O–H groups in total. The van der Waals surface area contributed by atoms with E-state index in [4.69, 9.17) is 9.26 Å². The SMILES string of the molecule is CCCCCc1cc2c(c(O)c1C(=O)Nc1onc(C)c1C)-c1cc(C)ccc1C(C)(C)O2. The molecule has 4 rings (SSSR count). The average Bonchev–Trinajstić information content (AvgIpc) is 3.05. The van der Waals surface area contributed by atoms with E-state index in [-0.39, 0.29) is 11.3 Å². The first kappa shape index (κ1) is 22.9. The monoisotopic (exact) mass is 448 g/mol. The summed E-state index contributed by atoms with van der Waals surface area (Å²) in [5, 5.41) is 18.2. The molecule has 33 heavy (non-hydrogen) atoms. The maximum atomic E-state index is 13.4. The van der Waals surface area contributed by atoms with Crippen molar-refractivity contribution in [3.05, 3.63) is 57.8 Å². The van der Waals surface area contributed by atoms with Crippen LogP contribution in [0.15, 0.2) is 28.8 Å². The van der Waals surface area contributed by atoms with Gasteiger partial charge < -0.3 is 14.4 Å². The third kappa shape index (κ3) is 4.10. The van der Waals surface area contributed by atoms with Gasteiger partial charge in [0.25, 0.3) is 5.91 Å². The number of phenolic OH excluding ortho intramolecular Hbond substituents is 1. The summed E-state index contributed by atoms with van der Waals surface area (Å²) in [6.45, 7) is 11.9. The summed E-state index contributed by atoms with van der Waals surface area (Å²) in [5.74, 6) is 0.418. The molecule has 1 aliphatic rings. The van der Waals surface area contributed by atoms with Crippen LogP contribution in [0.1, 0.15) is 78.3 Å². The van der Waals surface area contributed by atoms with Crippen molar-refractivity contribution in [2.24, 2.45) is 0 Å². The highest BCUT2D eigenvalue weighted by Gasteiger charge is 2.36. The highest BCUT2D eigenvalue weighted by atomic mass is 16.5. The highest BCUT2D eigenvalue weighted by Crippen LogP contribution is 2.51. The lowest BCUT2D eigenvalue weighted by Crippen LogP contribution is -2.30. The lowest BCUT2D eigenvalue weighted by molar-refractivity contribution is 0.101. The molecule has 3 aromatic rings. The first-order valence-corrected chi connectivity index (χ1v) is 11.6. The van der Waals surface area contributed by atoms with Gasteiger partial charge in [0.05, 0.1) is 16.8 Å². The number of hydrogen-bond acceptors (Lipinski definition) is 5. The molecule has 2 aromatic carbocycles. The summed E-state index contributed by atoms with van der Waals surface area (Å²) >= 11 is 0. The van der Waals surface area contributed by atoms with Crippen LogP contribution >= 0.6 is 0 Å². The number of amides is 1. The third-order valence-corrected chi connectivity index (χ3v) is 6.47. The molecule has 0 unspecified atom stereocenters. The Morgan fingerprint density at radius 1 is 1.15 bits per heavy atom. The van der Waals surface area contributed by atoms with Crippen LogP contribution in [0.3, 0.4) is 0 Å². The normalized spacial score (nSPS) is 13.8. The van der Waals surface area contributed by atoms with Crippen LogP contribution in [0.5, 0.6) is 11.5 Å². The summed E-state index contributed by atoms with van der Waals surface area (Å²) in [4.78, 5) is 13.4. The Labute approximate surface area is 195 Å². The number of anilines is 1. The predicted octanol–water partition coefficient (Wildman–Crippen LogP) is 6.58. The summed E-state index contributed by atoms with van der Waals surface area (Å²) < 4.78 is 11.7. The molecule has 0 bridgehead atoms. The molecule has 2 heterocycles. The topological polar surface area (TPSA) is 84.6 Å². The number of nitrogens with one attached hydrogen (secondary N) is 1. The Bertz CT molecular complexity index is 1220. The first-order chi connectivity index (χ1) is 15.6. The van der Waals surface area contributed by atoms with Crippen molar-refractivity contribution in [2.45, 2.75) is 72.8 Å². The number of aromatic nitrogens is 1. The molecule has 0 spiro atoms. The summed E-state index contributed by atoms with van der Waals surface area (Å²) in [6, 6.07) is 8.03. The second-order valence-electron chi connectivity index (χ2n) is 9.43. The van der Waals surface area contributed by atoms with Crippen molar-refractivity contribution in [2.75, 3.05) is 5.32 Å². The number of phenols is 1. The molecule has 0 atom stereocenters. The van der Waals surface area contributed by atoms with E-state index >= 15 is 0 Å². The Kier molecular flexibility index (Phi) is 5.95. The molecule has 6 nitrogen and oxygen atoms in total. The Morgan fingerprint density at radius 3 is 2.58 bits per heavy atom. The lowest BCUT2D eigenvalue weighted by Gasteiger charge is -2.36. The zero-order valence-electron chi connectivity index (χ0n) is 20.3. The van der Waals surface area contributed by atoms with Crippen LogP contribution in [0.2, 0.25) is 0 Å². The van der Waals surface area contributed by atoms with Gasteiger partial charge in [0.1, 0.15) is 17.1 Å². The van der Waals surface area contributed by atoms with Gasteiger partial charge in [-0.05, 0) is 64.7 Å². The maximum Gasteiger partial charge on any atom is 0.262 e. The van der Waals surface area contributed by atoms with E-state index in [1.165, 1.54) is 0 Å². The molecule has 1 amide bonds. The van der Waals surface area contributed by atoms with Crippen LogP contribution in [-0.4, -0.2) is 16.2 Å². The number of aryl methyl sites for hydroxylation is 3. The second kappa shape index (κ2) is 8.58. The minimum atomic E-state index is -0.554. The number of benzene rings is 2. The first-order valence-electron chi connectivity index (χ1n) is 11.6. The van der Waals surface area contributed by atoms with Crippen LogP contribution < -0.4 is 10.1 Å². The van der Waals surface area contributed by atoms with Crippen molar-refractivity contribution in [3.63, 3.8) is 0 Å². The Morgan fingerprint density at radius 2 is 1.91 bits per heavy atom. The number of ether oxygens (including phenoxy) is 1. The maximum absolute atomic E-state index is 13.4. The largest absolute Gasteiger partial charge is 0.506 e. The molecule has 1 aromatic heterocycles. The van der Waals surface area contributed by atoms with Gasteiger partial charge in [0.2, 0.25) is 5.88 Å². The van der Waals surface area contributed by atoms with Crippen LogP contribution in [0.25, 0.3) is 11.1 Å². The van der Waals surface area contributed by atoms with Gasteiger partial charge in [-0.2, -0.15) is 0 Å². The predicted molar refractivity (Wildman–Crippen MR) is 129 cm³/mol. The van der Waals surface area contributed by atoms with Crippen LogP contribution in [0.4, 0.5) is 5.88 Å². The second-order valence-corrected chi connectivity index (χ2v) is 9.43. The Hall–Kier alpha value is -3.28. The number of nitrogens with zero attached hydrogens (tertiary/aromatic N) is 1. The van der Waals surface area contributed by atoms with Gasteiger partial charge in [-0.25, -0.2) is 0 Å². The summed E-state index contributed by atoms with van der Waals surface area (Å²) in [7, 11) is 0. The summed E-state index contributed by atoms with van der Waals surface area (Å²) in [6.07, 6.45) is 3.67. The quantitative estimate of drug-likeness (QED) is 0.416. The minimum absolute atomic E-state index is 0.0623. The van der Waals surface area contributed by atoms with E-state index in [2.05, 4.69) is 17.4 Å². The molecule has 0 aliphatic carbocycles. The number of hydrogen-bond donors (Lipinski definition) is 2. The van der Waals surface area contributed by atoms with Crippen LogP contribution in [0, 0.1) is 20.8 Å². The van der Waals surface area contributed by atoms with E-state index < -0.39 is 11.5 Å². The van der Waals surface area contributed by atoms with Gasteiger partial charge >= 0.3 is 0 Å². The molecular formula is C27H32N2O4. The molecule has 0 radical (unpaired) electrons. The summed E-state index contributed by atoms with van der Waals surface area (Å²) in [5.41, 5.74) is 5.43. The molecule has 0 fully saturated rings. The molecule has 6 heteroatoms. The van der Waals surface area contributed by atoms with Crippen molar-refractivity contribution >= 4 is 11.8 Å². The smallest absolute Gasteiger partial charge is 0.262 e. The minimum Gasteiger partial charge on any atom is -0.506 e. The third-order valence-electron chi connectivity index (χ3n) is 6.47. The van der Waals surface area contributed by atoms with Crippen molar-refractivity contribution in [3.8, 4) is 22.6 Å². The lowest BCUT2D eigenvalue weighted by atomic mass is 9.83. The fourth-order valence-corrected chi connectivity index (χ4v) is 4.47. The number of carbonyl (C=O) groups is 1. The molecule has 174 valence electrons. The van der Waals surface area contributed by atoms with Crippen molar-refractivity contribution < 1.29 is 19.2 Å². The zero-order chi connectivity index (χ0) is 23.9. The molecule has 0 saturated carbocycles. The van der Waals surface area contributed by atoms with Crippen molar-refractivity contribution in [1.82, 2.24) is 5.16 Å². The number of fused-ring (bicyclic) bond motifs is 3. The van der Waals surface area contributed by atoms with E-state index in [9.17, 15) is 9.90 Å². The standard InChI is InChI=1S/C27H32N2O4/c1-7-8-9-10-18-14-21-23(19-13-15(2)11-12-20(19)27(5,6)32-21)24(30)22(18)25(31)28-26-16(3)17(4)29-33-26/h11-14,30H,7-10H2,1-6H3,(H,28,31). The van der Waals surface area contributed by atoms with Gasteiger partial charge in [-0.15, -0.1) is 0 Å². The zero-order valence-corrected chi connectivity index (χ0v) is 20.3. The fraction of sp³-hybridized carbons (Fsp3) is 0.407. The van der Waals surface area contributed by atoms with E-state index in [1.807, 2.05) is 58.9 Å². The van der Waals surface area contributed by atoms with Crippen LogP contribution in [-0.2, 0) is 12.0 Å². The Balaban J connectivity index is 1.88. The number of unbranched alkanes of at least 4 members (excludes halogenated alkanes) is 2.